The molecule has 0 saturated carbocycles. The summed E-state index contributed by atoms with van der Waals surface area (Å²) in [6.07, 6.45) is 0. The predicted octanol–water partition coefficient (Wildman–Crippen LogP) is 4.28. The number of hydrogen-bond acceptors (Lipinski definition) is 1. The summed E-state index contributed by atoms with van der Waals surface area (Å²) in [5.74, 6) is 0. The van der Waals surface area contributed by atoms with E-state index in [-0.39, 0.29) is 0 Å². The molecule has 3 aromatic carbocycles. The molecular weight excluding hydrogens is 268 g/mol. The van der Waals surface area contributed by atoms with Crippen molar-refractivity contribution in [1.29, 1.82) is 0 Å². The molecule has 0 fully saturated rings. The SMILES string of the molecule is Cc1ccc2nc3ccc(C)cc3[n+](-c3ccccc3)c2c1. The van der Waals surface area contributed by atoms with Gasteiger partial charge in [0, 0.05) is 24.3 Å². The fourth-order valence-corrected chi connectivity index (χ4v) is 2.93. The van der Waals surface area contributed by atoms with Gasteiger partial charge >= 0.3 is 0 Å². The van der Waals surface area contributed by atoms with Crippen LogP contribution in [-0.2, 0) is 0 Å². The molecule has 1 heterocycles. The van der Waals surface area contributed by atoms with Crippen LogP contribution in [0.15, 0.2) is 66.7 Å². The summed E-state index contributed by atoms with van der Waals surface area (Å²) in [6.45, 7) is 4.24. The van der Waals surface area contributed by atoms with Crippen LogP contribution in [0.1, 0.15) is 11.1 Å². The van der Waals surface area contributed by atoms with Crippen molar-refractivity contribution >= 4 is 22.1 Å². The summed E-state index contributed by atoms with van der Waals surface area (Å²) >= 11 is 0. The lowest BCUT2D eigenvalue weighted by Crippen LogP contribution is -2.33. The Morgan fingerprint density at radius 3 is 1.77 bits per heavy atom. The largest absolute Gasteiger partial charge is 0.237 e. The summed E-state index contributed by atoms with van der Waals surface area (Å²) < 4.78 is 2.30. The zero-order chi connectivity index (χ0) is 15.1. The number of benzene rings is 3. The third-order valence-electron chi connectivity index (χ3n) is 4.00. The van der Waals surface area contributed by atoms with E-state index in [2.05, 4.69) is 79.1 Å². The maximum atomic E-state index is 4.83. The Kier molecular flexibility index (Phi) is 2.90. The van der Waals surface area contributed by atoms with Crippen molar-refractivity contribution in [2.75, 3.05) is 0 Å². The zero-order valence-electron chi connectivity index (χ0n) is 12.7. The van der Waals surface area contributed by atoms with E-state index < -0.39 is 0 Å². The van der Waals surface area contributed by atoms with Crippen molar-refractivity contribution in [2.24, 2.45) is 0 Å². The smallest absolute Gasteiger partial charge is 0.235 e. The van der Waals surface area contributed by atoms with Gasteiger partial charge in [0.1, 0.15) is 11.0 Å². The van der Waals surface area contributed by atoms with Crippen molar-refractivity contribution in [3.63, 3.8) is 0 Å². The van der Waals surface area contributed by atoms with Crippen LogP contribution < -0.4 is 4.57 Å². The average molecular weight is 285 g/mol. The highest BCUT2D eigenvalue weighted by Crippen LogP contribution is 2.19. The number of hydrogen-bond donors (Lipinski definition) is 0. The van der Waals surface area contributed by atoms with Crippen LogP contribution >= 0.6 is 0 Å². The summed E-state index contributed by atoms with van der Waals surface area (Å²) in [5.41, 5.74) is 7.97. The third kappa shape index (κ3) is 2.04. The van der Waals surface area contributed by atoms with Gasteiger partial charge in [-0.2, -0.15) is 0 Å². The number of fused-ring (bicyclic) bond motifs is 2. The highest BCUT2D eigenvalue weighted by atomic mass is 15.0. The predicted molar refractivity (Wildman–Crippen MR) is 90.3 cm³/mol. The first-order valence-electron chi connectivity index (χ1n) is 7.50. The summed E-state index contributed by atoms with van der Waals surface area (Å²) in [7, 11) is 0. The van der Waals surface area contributed by atoms with E-state index in [0.29, 0.717) is 0 Å². The Morgan fingerprint density at radius 1 is 0.682 bits per heavy atom. The van der Waals surface area contributed by atoms with Gasteiger partial charge in [0.2, 0.25) is 16.7 Å². The van der Waals surface area contributed by atoms with Crippen molar-refractivity contribution in [3.8, 4) is 5.69 Å². The van der Waals surface area contributed by atoms with E-state index in [1.807, 2.05) is 6.07 Å². The number of nitrogens with zero attached hydrogens (tertiary/aromatic N) is 2. The van der Waals surface area contributed by atoms with Crippen LogP contribution in [-0.4, -0.2) is 4.98 Å². The Labute approximate surface area is 129 Å². The Morgan fingerprint density at radius 2 is 1.23 bits per heavy atom. The first-order valence-corrected chi connectivity index (χ1v) is 7.50. The van der Waals surface area contributed by atoms with Gasteiger partial charge in [-0.15, -0.1) is 4.57 Å². The van der Waals surface area contributed by atoms with E-state index >= 15 is 0 Å². The van der Waals surface area contributed by atoms with Crippen molar-refractivity contribution in [3.05, 3.63) is 77.9 Å². The highest BCUT2D eigenvalue weighted by molar-refractivity contribution is 5.82. The standard InChI is InChI=1S/C20H17N2/c1-14-8-10-17-19(12-14)22(16-6-4-3-5-7-16)20-13-15(2)9-11-18(20)21-17/h3-13H,1-2H3/q+1. The first-order chi connectivity index (χ1) is 10.7. The normalized spacial score (nSPS) is 11.2. The number of aryl methyl sites for hydroxylation is 2. The second kappa shape index (κ2) is 4.92. The topological polar surface area (TPSA) is 16.8 Å². The second-order valence-electron chi connectivity index (χ2n) is 5.77. The van der Waals surface area contributed by atoms with Gasteiger partial charge in [0.15, 0.2) is 0 Å². The molecule has 0 saturated heterocycles. The molecule has 2 nitrogen and oxygen atoms in total. The van der Waals surface area contributed by atoms with Gasteiger partial charge in [0.25, 0.3) is 0 Å². The maximum absolute atomic E-state index is 4.83. The molecule has 0 aliphatic rings. The number of para-hydroxylation sites is 1. The zero-order valence-corrected chi connectivity index (χ0v) is 12.7. The van der Waals surface area contributed by atoms with Gasteiger partial charge in [-0.3, -0.25) is 0 Å². The molecule has 4 rings (SSSR count). The van der Waals surface area contributed by atoms with E-state index in [1.54, 1.807) is 0 Å². The van der Waals surface area contributed by atoms with E-state index in [9.17, 15) is 0 Å². The molecule has 22 heavy (non-hydrogen) atoms. The van der Waals surface area contributed by atoms with Crippen molar-refractivity contribution < 1.29 is 4.57 Å². The summed E-state index contributed by atoms with van der Waals surface area (Å²) in [4.78, 5) is 4.83. The molecular formula is C20H17N2+. The van der Waals surface area contributed by atoms with E-state index in [0.717, 1.165) is 27.8 Å². The Balaban J connectivity index is 2.24. The average Bonchev–Trinajstić information content (AvgIpc) is 2.54. The van der Waals surface area contributed by atoms with Gasteiger partial charge < -0.3 is 0 Å². The van der Waals surface area contributed by atoms with Crippen LogP contribution in [0.3, 0.4) is 0 Å². The fraction of sp³-hybridized carbons (Fsp3) is 0.100. The Bertz CT molecular complexity index is 929. The van der Waals surface area contributed by atoms with Gasteiger partial charge in [0.05, 0.1) is 0 Å². The highest BCUT2D eigenvalue weighted by Gasteiger charge is 2.19. The van der Waals surface area contributed by atoms with Crippen molar-refractivity contribution in [1.82, 2.24) is 4.98 Å². The molecule has 0 N–H and O–H groups in total. The summed E-state index contributed by atoms with van der Waals surface area (Å²) in [6, 6.07) is 23.3. The minimum Gasteiger partial charge on any atom is -0.235 e. The minimum atomic E-state index is 1.02. The Hall–Kier alpha value is -2.74. The lowest BCUT2D eigenvalue weighted by atomic mass is 10.1. The molecule has 0 aliphatic carbocycles. The molecule has 1 aromatic heterocycles. The number of rotatable bonds is 1. The molecule has 2 heteroatoms. The number of aromatic nitrogens is 2. The second-order valence-corrected chi connectivity index (χ2v) is 5.77. The van der Waals surface area contributed by atoms with Crippen LogP contribution in [0.25, 0.3) is 27.8 Å². The van der Waals surface area contributed by atoms with Gasteiger partial charge in [-0.25, -0.2) is 4.98 Å². The third-order valence-corrected chi connectivity index (χ3v) is 4.00. The monoisotopic (exact) mass is 285 g/mol. The molecule has 0 atom stereocenters. The van der Waals surface area contributed by atoms with Gasteiger partial charge in [-0.1, -0.05) is 30.3 Å². The van der Waals surface area contributed by atoms with Crippen LogP contribution in [0.5, 0.6) is 0 Å². The lowest BCUT2D eigenvalue weighted by Gasteiger charge is -2.06. The van der Waals surface area contributed by atoms with E-state index in [4.69, 9.17) is 4.98 Å². The quantitative estimate of drug-likeness (QED) is 0.377. The molecule has 0 bridgehead atoms. The molecule has 0 radical (unpaired) electrons. The van der Waals surface area contributed by atoms with Crippen LogP contribution in [0, 0.1) is 13.8 Å². The molecule has 106 valence electrons. The molecule has 0 spiro atoms. The molecule has 4 aromatic rings. The molecule has 0 unspecified atom stereocenters. The van der Waals surface area contributed by atoms with Gasteiger partial charge in [-0.05, 0) is 37.1 Å². The lowest BCUT2D eigenvalue weighted by molar-refractivity contribution is -0.538. The maximum Gasteiger partial charge on any atom is 0.237 e. The van der Waals surface area contributed by atoms with Crippen molar-refractivity contribution in [2.45, 2.75) is 13.8 Å². The first kappa shape index (κ1) is 13.0. The fourth-order valence-electron chi connectivity index (χ4n) is 2.93. The summed E-state index contributed by atoms with van der Waals surface area (Å²) in [5, 5.41) is 0. The molecule has 0 amide bonds. The van der Waals surface area contributed by atoms with Crippen LogP contribution in [0.4, 0.5) is 0 Å². The van der Waals surface area contributed by atoms with E-state index in [1.165, 1.54) is 11.1 Å². The minimum absolute atomic E-state index is 1.02. The van der Waals surface area contributed by atoms with Crippen LogP contribution in [0.2, 0.25) is 0 Å². The molecule has 0 aliphatic heterocycles.